The molecule has 0 bridgehead atoms. The summed E-state index contributed by atoms with van der Waals surface area (Å²) in [7, 11) is 0. The lowest BCUT2D eigenvalue weighted by Crippen LogP contribution is -1.89. The van der Waals surface area contributed by atoms with Crippen LogP contribution in [0, 0.1) is 11.7 Å². The van der Waals surface area contributed by atoms with E-state index in [-0.39, 0.29) is 5.82 Å². The highest BCUT2D eigenvalue weighted by atomic mass is 32.2. The van der Waals surface area contributed by atoms with Gasteiger partial charge in [0.1, 0.15) is 5.82 Å². The minimum Gasteiger partial charge on any atom is -0.206 e. The van der Waals surface area contributed by atoms with Gasteiger partial charge in [0.2, 0.25) is 0 Å². The number of rotatable bonds is 4. The van der Waals surface area contributed by atoms with Gasteiger partial charge < -0.3 is 0 Å². The van der Waals surface area contributed by atoms with Crippen LogP contribution in [0.3, 0.4) is 0 Å². The van der Waals surface area contributed by atoms with Gasteiger partial charge in [-0.2, -0.15) is 0 Å². The van der Waals surface area contributed by atoms with Crippen molar-refractivity contribution in [2.24, 2.45) is 5.92 Å². The Kier molecular flexibility index (Phi) is 3.12. The maximum absolute atomic E-state index is 13.2. The third-order valence-corrected chi connectivity index (χ3v) is 3.51. The van der Waals surface area contributed by atoms with Gasteiger partial charge in [-0.05, 0) is 42.7 Å². The van der Waals surface area contributed by atoms with E-state index < -0.39 is 0 Å². The zero-order chi connectivity index (χ0) is 9.97. The van der Waals surface area contributed by atoms with Crippen molar-refractivity contribution in [3.8, 4) is 0 Å². The van der Waals surface area contributed by atoms with Crippen LogP contribution in [0.4, 0.5) is 4.39 Å². The molecule has 0 saturated heterocycles. The van der Waals surface area contributed by atoms with Crippen LogP contribution in [-0.4, -0.2) is 6.26 Å². The molecule has 76 valence electrons. The van der Waals surface area contributed by atoms with Crippen LogP contribution in [0.25, 0.3) is 0 Å². The van der Waals surface area contributed by atoms with Crippen LogP contribution in [0.15, 0.2) is 23.1 Å². The van der Waals surface area contributed by atoms with Gasteiger partial charge in [-0.1, -0.05) is 18.9 Å². The maximum Gasteiger partial charge on any atom is 0.136 e. The monoisotopic (exact) mass is 210 g/mol. The molecule has 1 aliphatic carbocycles. The van der Waals surface area contributed by atoms with Crippen molar-refractivity contribution in [2.75, 3.05) is 6.26 Å². The number of hydrogen-bond acceptors (Lipinski definition) is 1. The Hall–Kier alpha value is -0.500. The van der Waals surface area contributed by atoms with E-state index in [2.05, 4.69) is 0 Å². The fraction of sp³-hybridized carbons (Fsp3) is 0.500. The highest BCUT2D eigenvalue weighted by Gasteiger charge is 2.20. The number of hydrogen-bond donors (Lipinski definition) is 0. The largest absolute Gasteiger partial charge is 0.206 e. The molecule has 0 N–H and O–H groups in total. The molecule has 1 fully saturated rings. The van der Waals surface area contributed by atoms with E-state index in [1.807, 2.05) is 18.4 Å². The fourth-order valence-electron chi connectivity index (χ4n) is 1.64. The average Bonchev–Trinajstić information content (AvgIpc) is 3.00. The van der Waals surface area contributed by atoms with E-state index in [1.165, 1.54) is 36.6 Å². The van der Waals surface area contributed by atoms with Crippen LogP contribution in [0.1, 0.15) is 24.8 Å². The van der Waals surface area contributed by atoms with Gasteiger partial charge >= 0.3 is 0 Å². The van der Waals surface area contributed by atoms with Crippen LogP contribution in [-0.2, 0) is 6.42 Å². The first-order chi connectivity index (χ1) is 6.79. The van der Waals surface area contributed by atoms with E-state index in [1.54, 1.807) is 6.07 Å². The summed E-state index contributed by atoms with van der Waals surface area (Å²) in [5.74, 6) is 0.866. The van der Waals surface area contributed by atoms with Gasteiger partial charge in [0.15, 0.2) is 0 Å². The first-order valence-electron chi connectivity index (χ1n) is 5.12. The first kappa shape index (κ1) is 10.0. The molecular formula is C12H15FS. The van der Waals surface area contributed by atoms with Crippen LogP contribution in [0.5, 0.6) is 0 Å². The quantitative estimate of drug-likeness (QED) is 0.679. The molecule has 2 heteroatoms. The summed E-state index contributed by atoms with van der Waals surface area (Å²) in [6.45, 7) is 0. The van der Waals surface area contributed by atoms with Crippen LogP contribution in [0.2, 0.25) is 0 Å². The number of aryl methyl sites for hydroxylation is 1. The molecule has 14 heavy (non-hydrogen) atoms. The molecule has 0 aromatic heterocycles. The molecule has 0 nitrogen and oxygen atoms in total. The molecule has 0 amide bonds. The minimum absolute atomic E-state index is 0.0901. The molecule has 0 heterocycles. The molecule has 1 saturated carbocycles. The van der Waals surface area contributed by atoms with Crippen molar-refractivity contribution < 1.29 is 4.39 Å². The Morgan fingerprint density at radius 2 is 2.21 bits per heavy atom. The lowest BCUT2D eigenvalue weighted by atomic mass is 10.1. The molecule has 0 atom stereocenters. The highest BCUT2D eigenvalue weighted by Crippen LogP contribution is 2.33. The molecule has 1 aliphatic rings. The Balaban J connectivity index is 2.01. The molecular weight excluding hydrogens is 195 g/mol. The summed E-state index contributed by atoms with van der Waals surface area (Å²) in [6.07, 6.45) is 7.11. The van der Waals surface area contributed by atoms with Crippen LogP contribution < -0.4 is 0 Å². The third kappa shape index (κ3) is 2.50. The number of halogens is 1. The first-order valence-corrected chi connectivity index (χ1v) is 6.34. The van der Waals surface area contributed by atoms with Crippen molar-refractivity contribution in [3.63, 3.8) is 0 Å². The summed E-state index contributed by atoms with van der Waals surface area (Å²) in [5.41, 5.74) is 1.28. The van der Waals surface area contributed by atoms with Crippen molar-refractivity contribution in [1.29, 1.82) is 0 Å². The molecule has 1 aromatic carbocycles. The Morgan fingerprint density at radius 3 is 2.86 bits per heavy atom. The minimum atomic E-state index is -0.0901. The van der Waals surface area contributed by atoms with Gasteiger partial charge in [-0.25, -0.2) is 4.39 Å². The van der Waals surface area contributed by atoms with Gasteiger partial charge in [-0.3, -0.25) is 0 Å². The number of thioether (sulfide) groups is 1. The third-order valence-electron chi connectivity index (χ3n) is 2.75. The summed E-state index contributed by atoms with van der Waals surface area (Å²) in [4.78, 5) is 0.776. The Morgan fingerprint density at radius 1 is 1.43 bits per heavy atom. The SMILES string of the molecule is CSc1cc(CCC2CC2)ccc1F. The van der Waals surface area contributed by atoms with Crippen molar-refractivity contribution in [2.45, 2.75) is 30.6 Å². The fourth-order valence-corrected chi connectivity index (χ4v) is 2.17. The standard InChI is InChI=1S/C12H15FS/c1-14-12-8-10(6-7-11(12)13)5-4-9-2-3-9/h6-9H,2-5H2,1H3. The second kappa shape index (κ2) is 4.35. The van der Waals surface area contributed by atoms with Crippen LogP contribution >= 0.6 is 11.8 Å². The Labute approximate surface area is 88.9 Å². The zero-order valence-corrected chi connectivity index (χ0v) is 9.24. The second-order valence-corrected chi connectivity index (χ2v) is 4.80. The van der Waals surface area contributed by atoms with Gasteiger partial charge in [0.05, 0.1) is 0 Å². The topological polar surface area (TPSA) is 0 Å². The smallest absolute Gasteiger partial charge is 0.136 e. The van der Waals surface area contributed by atoms with Gasteiger partial charge in [0, 0.05) is 4.90 Å². The summed E-state index contributed by atoms with van der Waals surface area (Å²) in [5, 5.41) is 0. The summed E-state index contributed by atoms with van der Waals surface area (Å²) in [6, 6.07) is 5.49. The second-order valence-electron chi connectivity index (χ2n) is 3.95. The average molecular weight is 210 g/mol. The normalized spacial score (nSPS) is 15.9. The lowest BCUT2D eigenvalue weighted by molar-refractivity contribution is 0.600. The molecule has 0 unspecified atom stereocenters. The van der Waals surface area contributed by atoms with Crippen molar-refractivity contribution in [1.82, 2.24) is 0 Å². The van der Waals surface area contributed by atoms with Gasteiger partial charge in [0.25, 0.3) is 0 Å². The Bertz CT molecular complexity index is 318. The lowest BCUT2D eigenvalue weighted by Gasteiger charge is -2.04. The van der Waals surface area contributed by atoms with E-state index in [9.17, 15) is 4.39 Å². The molecule has 0 radical (unpaired) electrons. The highest BCUT2D eigenvalue weighted by molar-refractivity contribution is 7.98. The molecule has 0 aliphatic heterocycles. The molecule has 0 spiro atoms. The molecule has 2 rings (SSSR count). The summed E-state index contributed by atoms with van der Waals surface area (Å²) < 4.78 is 13.2. The van der Waals surface area contributed by atoms with Crippen molar-refractivity contribution >= 4 is 11.8 Å². The van der Waals surface area contributed by atoms with Crippen molar-refractivity contribution in [3.05, 3.63) is 29.6 Å². The predicted molar refractivity (Wildman–Crippen MR) is 59.2 cm³/mol. The maximum atomic E-state index is 13.2. The summed E-state index contributed by atoms with van der Waals surface area (Å²) >= 11 is 1.48. The van der Waals surface area contributed by atoms with E-state index in [0.717, 1.165) is 17.2 Å². The number of benzene rings is 1. The van der Waals surface area contributed by atoms with E-state index in [0.29, 0.717) is 0 Å². The van der Waals surface area contributed by atoms with Gasteiger partial charge in [-0.15, -0.1) is 11.8 Å². The predicted octanol–water partition coefficient (Wildman–Crippen LogP) is 3.89. The zero-order valence-electron chi connectivity index (χ0n) is 8.42. The molecule has 1 aromatic rings. The van der Waals surface area contributed by atoms with E-state index in [4.69, 9.17) is 0 Å². The van der Waals surface area contributed by atoms with E-state index >= 15 is 0 Å².